The number of nitrogens with zero attached hydrogens (tertiary/aromatic N) is 2. The van der Waals surface area contributed by atoms with Gasteiger partial charge in [0.2, 0.25) is 16.0 Å². The lowest BCUT2D eigenvalue weighted by Gasteiger charge is -2.28. The van der Waals surface area contributed by atoms with E-state index < -0.39 is 22.2 Å². The van der Waals surface area contributed by atoms with Gasteiger partial charge in [-0.2, -0.15) is 18.2 Å². The molecule has 0 amide bonds. The number of para-hydroxylation sites is 1. The van der Waals surface area contributed by atoms with E-state index >= 15 is 0 Å². The molecule has 1 fully saturated rings. The van der Waals surface area contributed by atoms with Crippen LogP contribution >= 0.6 is 0 Å². The highest BCUT2D eigenvalue weighted by molar-refractivity contribution is 7.89. The molecule has 3 aromatic carbocycles. The first-order chi connectivity index (χ1) is 22.4. The summed E-state index contributed by atoms with van der Waals surface area (Å²) >= 11 is 0. The van der Waals surface area contributed by atoms with Gasteiger partial charge in [-0.1, -0.05) is 42.5 Å². The summed E-state index contributed by atoms with van der Waals surface area (Å²) in [7, 11) is -1.78. The van der Waals surface area contributed by atoms with Crippen LogP contribution in [-0.4, -0.2) is 62.4 Å². The van der Waals surface area contributed by atoms with Crippen LogP contribution in [0.25, 0.3) is 10.9 Å². The summed E-state index contributed by atoms with van der Waals surface area (Å²) in [5, 5.41) is 15.1. The van der Waals surface area contributed by atoms with Crippen LogP contribution in [0, 0.1) is 11.8 Å². The highest BCUT2D eigenvalue weighted by Gasteiger charge is 2.38. The van der Waals surface area contributed by atoms with Crippen LogP contribution in [0.2, 0.25) is 0 Å². The largest absolute Gasteiger partial charge is 0.497 e. The van der Waals surface area contributed by atoms with Gasteiger partial charge in [0.15, 0.2) is 0 Å². The molecule has 252 valence electrons. The molecule has 0 radical (unpaired) electrons. The van der Waals surface area contributed by atoms with E-state index in [-0.39, 0.29) is 0 Å². The van der Waals surface area contributed by atoms with E-state index in [4.69, 9.17) is 24.6 Å². The topological polar surface area (TPSA) is 143 Å². The van der Waals surface area contributed by atoms with Crippen molar-refractivity contribution in [3.8, 4) is 5.75 Å². The second-order valence-electron chi connectivity index (χ2n) is 11.2. The van der Waals surface area contributed by atoms with Gasteiger partial charge in [0.05, 0.1) is 17.5 Å². The summed E-state index contributed by atoms with van der Waals surface area (Å²) in [5.41, 5.74) is 2.13. The van der Waals surface area contributed by atoms with Crippen molar-refractivity contribution >= 4 is 38.7 Å². The maximum Gasteiger partial charge on any atom is 0.490 e. The SMILES string of the molecule is COc1ccc(CCNc2nc(NCC3CCC(CNS(=O)(=O)c4ccccc4)CC3)nc3ccccc23)cc1.O=C(O)C(F)(F)F. The Bertz CT molecular complexity index is 1700. The summed E-state index contributed by atoms with van der Waals surface area (Å²) in [5.74, 6) is 0.416. The van der Waals surface area contributed by atoms with Crippen molar-refractivity contribution in [3.05, 3.63) is 84.4 Å². The lowest BCUT2D eigenvalue weighted by atomic mass is 9.82. The Balaban J connectivity index is 0.000000644. The number of benzene rings is 3. The van der Waals surface area contributed by atoms with Crippen LogP contribution in [0.15, 0.2) is 83.8 Å². The predicted molar refractivity (Wildman–Crippen MR) is 174 cm³/mol. The molecule has 14 heteroatoms. The van der Waals surface area contributed by atoms with Crippen LogP contribution in [0.1, 0.15) is 31.2 Å². The molecule has 5 rings (SSSR count). The summed E-state index contributed by atoms with van der Waals surface area (Å²) in [6, 6.07) is 24.7. The molecule has 0 spiro atoms. The van der Waals surface area contributed by atoms with Crippen LogP contribution in [0.4, 0.5) is 24.9 Å². The molecule has 0 saturated heterocycles. The molecule has 0 unspecified atom stereocenters. The molecule has 10 nitrogen and oxygen atoms in total. The third-order valence-electron chi connectivity index (χ3n) is 7.84. The van der Waals surface area contributed by atoms with Gasteiger partial charge in [0, 0.05) is 25.0 Å². The molecular weight excluding hydrogens is 635 g/mol. The van der Waals surface area contributed by atoms with Crippen LogP contribution in [0.5, 0.6) is 5.75 Å². The monoisotopic (exact) mass is 673 g/mol. The fraction of sp³-hybridized carbons (Fsp3) is 0.364. The van der Waals surface area contributed by atoms with Crippen molar-refractivity contribution < 1.29 is 36.2 Å². The zero-order valence-corrected chi connectivity index (χ0v) is 26.7. The van der Waals surface area contributed by atoms with Gasteiger partial charge in [0.1, 0.15) is 11.6 Å². The Labute approximate surface area is 271 Å². The molecular formula is C33H38F3N5O5S. The molecule has 1 aliphatic rings. The van der Waals surface area contributed by atoms with Crippen molar-refractivity contribution in [1.29, 1.82) is 0 Å². The lowest BCUT2D eigenvalue weighted by molar-refractivity contribution is -0.192. The number of hydrogen-bond acceptors (Lipinski definition) is 8. The molecule has 1 heterocycles. The number of halogens is 3. The zero-order chi connectivity index (χ0) is 33.9. The minimum atomic E-state index is -5.08. The third-order valence-corrected chi connectivity index (χ3v) is 9.28. The number of aliphatic carboxylic acids is 1. The number of rotatable bonds is 12. The summed E-state index contributed by atoms with van der Waals surface area (Å²) in [6.45, 7) is 2.04. The fourth-order valence-corrected chi connectivity index (χ4v) is 6.33. The standard InChI is InChI=1S/C31H37N5O3S.C2HF3O2/c1-39-26-17-15-23(16-18-26)19-20-32-30-28-9-5-6-10-29(28)35-31(36-30)33-21-24-11-13-25(14-12-24)22-34-40(37,38)27-7-3-2-4-8-27;3-2(4,5)1(6)7/h2-10,15-18,24-25,34H,11-14,19-22H2,1H3,(H2,32,33,35,36);(H,6,7). The van der Waals surface area contributed by atoms with Gasteiger partial charge in [-0.05, 0) is 85.9 Å². The van der Waals surface area contributed by atoms with Crippen LogP contribution in [0.3, 0.4) is 0 Å². The molecule has 4 aromatic rings. The Morgan fingerprint density at radius 2 is 1.47 bits per heavy atom. The number of fused-ring (bicyclic) bond motifs is 1. The minimum Gasteiger partial charge on any atom is -0.497 e. The number of hydrogen-bond donors (Lipinski definition) is 4. The second-order valence-corrected chi connectivity index (χ2v) is 12.9. The van der Waals surface area contributed by atoms with Gasteiger partial charge in [0.25, 0.3) is 0 Å². The number of nitrogens with one attached hydrogen (secondary N) is 3. The van der Waals surface area contributed by atoms with Gasteiger partial charge in [-0.15, -0.1) is 0 Å². The minimum absolute atomic E-state index is 0.317. The quantitative estimate of drug-likeness (QED) is 0.140. The van der Waals surface area contributed by atoms with E-state index in [2.05, 4.69) is 27.5 Å². The summed E-state index contributed by atoms with van der Waals surface area (Å²) in [6.07, 6.45) is -0.118. The lowest BCUT2D eigenvalue weighted by Crippen LogP contribution is -2.32. The number of aromatic nitrogens is 2. The highest BCUT2D eigenvalue weighted by Crippen LogP contribution is 2.29. The fourth-order valence-electron chi connectivity index (χ4n) is 5.19. The number of methoxy groups -OCH3 is 1. The van der Waals surface area contributed by atoms with Crippen molar-refractivity contribution in [2.75, 3.05) is 37.4 Å². The molecule has 0 aliphatic heterocycles. The summed E-state index contributed by atoms with van der Waals surface area (Å²) < 4.78 is 64.9. The van der Waals surface area contributed by atoms with Crippen LogP contribution < -0.4 is 20.1 Å². The van der Waals surface area contributed by atoms with Crippen molar-refractivity contribution in [2.24, 2.45) is 11.8 Å². The number of alkyl halides is 3. The summed E-state index contributed by atoms with van der Waals surface area (Å²) in [4.78, 5) is 18.8. The Kier molecular flexibility index (Phi) is 12.4. The first-order valence-corrected chi connectivity index (χ1v) is 16.6. The van der Waals surface area contributed by atoms with E-state index in [1.165, 1.54) is 5.56 Å². The average molecular weight is 674 g/mol. The van der Waals surface area contributed by atoms with Gasteiger partial charge in [-0.3, -0.25) is 0 Å². The molecule has 0 bridgehead atoms. The molecule has 47 heavy (non-hydrogen) atoms. The maximum atomic E-state index is 12.5. The Morgan fingerprint density at radius 3 is 2.09 bits per heavy atom. The molecule has 0 atom stereocenters. The van der Waals surface area contributed by atoms with E-state index in [0.29, 0.717) is 29.2 Å². The number of carbonyl (C=O) groups is 1. The number of anilines is 2. The Hall–Kier alpha value is -4.43. The normalized spacial score (nSPS) is 16.5. The molecule has 1 saturated carbocycles. The average Bonchev–Trinajstić information content (AvgIpc) is 3.07. The maximum absolute atomic E-state index is 12.5. The number of ether oxygens (including phenoxy) is 1. The molecule has 4 N–H and O–H groups in total. The highest BCUT2D eigenvalue weighted by atomic mass is 32.2. The molecule has 1 aliphatic carbocycles. The zero-order valence-electron chi connectivity index (χ0n) is 25.8. The predicted octanol–water partition coefficient (Wildman–Crippen LogP) is 6.12. The van der Waals surface area contributed by atoms with Gasteiger partial charge < -0.3 is 20.5 Å². The second kappa shape index (κ2) is 16.4. The van der Waals surface area contributed by atoms with Gasteiger partial charge in [-0.25, -0.2) is 22.9 Å². The smallest absolute Gasteiger partial charge is 0.490 e. The number of carboxylic acid groups (broad SMARTS) is 1. The van der Waals surface area contributed by atoms with Gasteiger partial charge >= 0.3 is 12.1 Å². The Morgan fingerprint density at radius 1 is 0.872 bits per heavy atom. The number of sulfonamides is 1. The van der Waals surface area contributed by atoms with Crippen molar-refractivity contribution in [2.45, 2.75) is 43.2 Å². The van der Waals surface area contributed by atoms with Crippen LogP contribution in [-0.2, 0) is 21.2 Å². The first-order valence-electron chi connectivity index (χ1n) is 15.2. The van der Waals surface area contributed by atoms with Crippen molar-refractivity contribution in [3.63, 3.8) is 0 Å². The van der Waals surface area contributed by atoms with E-state index in [1.807, 2.05) is 42.5 Å². The van der Waals surface area contributed by atoms with E-state index in [1.54, 1.807) is 31.4 Å². The van der Waals surface area contributed by atoms with E-state index in [0.717, 1.165) is 67.7 Å². The van der Waals surface area contributed by atoms with Crippen molar-refractivity contribution in [1.82, 2.24) is 14.7 Å². The van der Waals surface area contributed by atoms with E-state index in [9.17, 15) is 21.6 Å². The number of carboxylic acids is 1. The molecule has 1 aromatic heterocycles. The first kappa shape index (κ1) is 35.4. The third kappa shape index (κ3) is 10.8.